The summed E-state index contributed by atoms with van der Waals surface area (Å²) in [5.41, 5.74) is 5.18. The van der Waals surface area contributed by atoms with Gasteiger partial charge in [-0.05, 0) is 74.2 Å². The van der Waals surface area contributed by atoms with Crippen molar-refractivity contribution in [3.05, 3.63) is 101 Å². The molecule has 0 amide bonds. The number of hydrogen-bond donors (Lipinski definition) is 0. The summed E-state index contributed by atoms with van der Waals surface area (Å²) in [7, 11) is 0. The van der Waals surface area contributed by atoms with Crippen molar-refractivity contribution >= 4 is 5.78 Å². The van der Waals surface area contributed by atoms with Gasteiger partial charge in [-0.25, -0.2) is 0 Å². The first-order valence-corrected chi connectivity index (χ1v) is 12.2. The number of piperidine rings is 1. The van der Waals surface area contributed by atoms with Crippen molar-refractivity contribution in [2.24, 2.45) is 0 Å². The van der Waals surface area contributed by atoms with Crippen molar-refractivity contribution in [3.63, 3.8) is 0 Å². The number of benzene rings is 3. The van der Waals surface area contributed by atoms with E-state index in [0.29, 0.717) is 13.0 Å². The van der Waals surface area contributed by atoms with Crippen LogP contribution in [0.5, 0.6) is 5.75 Å². The van der Waals surface area contributed by atoms with Crippen LogP contribution < -0.4 is 4.74 Å². The Morgan fingerprint density at radius 3 is 1.94 bits per heavy atom. The molecular formula is C30H35NO2. The lowest BCUT2D eigenvalue weighted by atomic mass is 9.85. The molecule has 1 aliphatic heterocycles. The van der Waals surface area contributed by atoms with Crippen LogP contribution in [0.2, 0.25) is 0 Å². The molecule has 1 fully saturated rings. The number of ketones is 1. The average Bonchev–Trinajstić information content (AvgIpc) is 2.85. The van der Waals surface area contributed by atoms with E-state index in [1.54, 1.807) is 0 Å². The van der Waals surface area contributed by atoms with E-state index < -0.39 is 0 Å². The van der Waals surface area contributed by atoms with E-state index in [9.17, 15) is 4.79 Å². The van der Waals surface area contributed by atoms with E-state index in [0.717, 1.165) is 29.0 Å². The zero-order valence-electron chi connectivity index (χ0n) is 19.9. The predicted octanol–water partition coefficient (Wildman–Crippen LogP) is 6.57. The van der Waals surface area contributed by atoms with Crippen LogP contribution in [-0.2, 0) is 0 Å². The van der Waals surface area contributed by atoms with Crippen molar-refractivity contribution in [1.29, 1.82) is 0 Å². The maximum absolute atomic E-state index is 13.4. The van der Waals surface area contributed by atoms with Crippen LogP contribution in [0.25, 0.3) is 0 Å². The van der Waals surface area contributed by atoms with Crippen LogP contribution in [0.15, 0.2) is 72.8 Å². The molecule has 3 aromatic rings. The summed E-state index contributed by atoms with van der Waals surface area (Å²) in [6.07, 6.45) is 4.38. The Kier molecular flexibility index (Phi) is 7.96. The van der Waals surface area contributed by atoms with Crippen LogP contribution in [0.3, 0.4) is 0 Å². The molecule has 0 radical (unpaired) electrons. The SMILES string of the molecule is Cc1cc(C(=O)CC(c2ccccc2)c2ccccc2)cc(C)c1OCCN1CCCCC1. The number of nitrogens with zero attached hydrogens (tertiary/aromatic N) is 1. The normalized spacial score (nSPS) is 14.4. The van der Waals surface area contributed by atoms with Crippen LogP contribution in [-0.4, -0.2) is 36.9 Å². The maximum atomic E-state index is 13.4. The fourth-order valence-corrected chi connectivity index (χ4v) is 4.90. The molecule has 4 rings (SSSR count). The minimum Gasteiger partial charge on any atom is -0.492 e. The second-order valence-electron chi connectivity index (χ2n) is 9.19. The molecule has 3 aromatic carbocycles. The zero-order chi connectivity index (χ0) is 23.0. The summed E-state index contributed by atoms with van der Waals surface area (Å²) in [5.74, 6) is 1.13. The summed E-state index contributed by atoms with van der Waals surface area (Å²) in [6.45, 7) is 8.11. The summed E-state index contributed by atoms with van der Waals surface area (Å²) >= 11 is 0. The molecule has 0 bridgehead atoms. The minimum absolute atomic E-state index is 0.0426. The van der Waals surface area contributed by atoms with E-state index in [1.165, 1.54) is 43.5 Å². The lowest BCUT2D eigenvalue weighted by Gasteiger charge is -2.26. The van der Waals surface area contributed by atoms with Crippen molar-refractivity contribution in [1.82, 2.24) is 4.90 Å². The fraction of sp³-hybridized carbons (Fsp3) is 0.367. The van der Waals surface area contributed by atoms with Crippen LogP contribution in [0, 0.1) is 13.8 Å². The molecule has 0 saturated carbocycles. The standard InChI is InChI=1S/C30H35NO2/c1-23-20-27(21-24(2)30(23)33-19-18-31-16-10-5-11-17-31)29(32)22-28(25-12-6-3-7-13-25)26-14-8-4-9-15-26/h3-4,6-9,12-15,20-21,28H,5,10-11,16-19,22H2,1-2H3. The van der Waals surface area contributed by atoms with Gasteiger partial charge in [0.2, 0.25) is 0 Å². The van der Waals surface area contributed by atoms with E-state index >= 15 is 0 Å². The fourth-order valence-electron chi connectivity index (χ4n) is 4.90. The second-order valence-corrected chi connectivity index (χ2v) is 9.19. The number of likely N-dealkylation sites (tertiary alicyclic amines) is 1. The third kappa shape index (κ3) is 6.11. The van der Waals surface area contributed by atoms with Gasteiger partial charge in [0.15, 0.2) is 5.78 Å². The van der Waals surface area contributed by atoms with Crippen molar-refractivity contribution in [2.45, 2.75) is 45.4 Å². The van der Waals surface area contributed by atoms with Gasteiger partial charge in [-0.1, -0.05) is 67.1 Å². The Bertz CT molecular complexity index is 977. The Balaban J connectivity index is 1.46. The molecule has 0 unspecified atom stereocenters. The summed E-state index contributed by atoms with van der Waals surface area (Å²) < 4.78 is 6.17. The predicted molar refractivity (Wildman–Crippen MR) is 135 cm³/mol. The molecule has 1 saturated heterocycles. The lowest BCUT2D eigenvalue weighted by molar-refractivity contribution is 0.0977. The van der Waals surface area contributed by atoms with Gasteiger partial charge in [0.05, 0.1) is 0 Å². The minimum atomic E-state index is 0.0426. The van der Waals surface area contributed by atoms with E-state index in [-0.39, 0.29) is 11.7 Å². The first kappa shape index (κ1) is 23.3. The molecule has 33 heavy (non-hydrogen) atoms. The maximum Gasteiger partial charge on any atom is 0.163 e. The van der Waals surface area contributed by atoms with Gasteiger partial charge in [-0.2, -0.15) is 0 Å². The number of rotatable bonds is 9. The van der Waals surface area contributed by atoms with Gasteiger partial charge < -0.3 is 4.74 Å². The molecule has 0 aromatic heterocycles. The molecule has 0 N–H and O–H groups in total. The average molecular weight is 442 g/mol. The Morgan fingerprint density at radius 2 is 1.39 bits per heavy atom. The first-order valence-electron chi connectivity index (χ1n) is 12.2. The Labute approximate surface area is 198 Å². The topological polar surface area (TPSA) is 29.5 Å². The van der Waals surface area contributed by atoms with Crippen LogP contribution in [0.1, 0.15) is 64.2 Å². The number of carbonyl (C=O) groups excluding carboxylic acids is 1. The van der Waals surface area contributed by atoms with E-state index in [1.807, 2.05) is 62.4 Å². The van der Waals surface area contributed by atoms with Crippen molar-refractivity contribution in [3.8, 4) is 5.75 Å². The molecular weight excluding hydrogens is 406 g/mol. The first-order chi connectivity index (χ1) is 16.1. The van der Waals surface area contributed by atoms with Gasteiger partial charge in [-0.15, -0.1) is 0 Å². The van der Waals surface area contributed by atoms with Gasteiger partial charge in [0, 0.05) is 24.4 Å². The largest absolute Gasteiger partial charge is 0.492 e. The molecule has 1 heterocycles. The molecule has 0 spiro atoms. The van der Waals surface area contributed by atoms with E-state index in [2.05, 4.69) is 29.2 Å². The molecule has 3 nitrogen and oxygen atoms in total. The molecule has 0 atom stereocenters. The Morgan fingerprint density at radius 1 is 0.848 bits per heavy atom. The highest BCUT2D eigenvalue weighted by Gasteiger charge is 2.20. The summed E-state index contributed by atoms with van der Waals surface area (Å²) in [5, 5.41) is 0. The van der Waals surface area contributed by atoms with Gasteiger partial charge in [-0.3, -0.25) is 9.69 Å². The third-order valence-corrected chi connectivity index (χ3v) is 6.68. The Hall–Kier alpha value is -2.91. The molecule has 172 valence electrons. The number of carbonyl (C=O) groups is 1. The second kappa shape index (κ2) is 11.3. The number of ether oxygens (including phenoxy) is 1. The van der Waals surface area contributed by atoms with Crippen molar-refractivity contribution in [2.75, 3.05) is 26.2 Å². The van der Waals surface area contributed by atoms with Crippen LogP contribution in [0.4, 0.5) is 0 Å². The van der Waals surface area contributed by atoms with Gasteiger partial charge in [0.1, 0.15) is 12.4 Å². The molecule has 0 aliphatic carbocycles. The highest BCUT2D eigenvalue weighted by Crippen LogP contribution is 2.31. The molecule has 1 aliphatic rings. The number of Topliss-reactive ketones (excluding diaryl/α,β-unsaturated/α-hetero) is 1. The van der Waals surface area contributed by atoms with Gasteiger partial charge >= 0.3 is 0 Å². The van der Waals surface area contributed by atoms with E-state index in [4.69, 9.17) is 4.74 Å². The summed E-state index contributed by atoms with van der Waals surface area (Å²) in [4.78, 5) is 15.9. The quantitative estimate of drug-likeness (QED) is 0.352. The smallest absolute Gasteiger partial charge is 0.163 e. The lowest BCUT2D eigenvalue weighted by Crippen LogP contribution is -2.33. The molecule has 3 heteroatoms. The highest BCUT2D eigenvalue weighted by atomic mass is 16.5. The number of aryl methyl sites for hydroxylation is 2. The van der Waals surface area contributed by atoms with Crippen molar-refractivity contribution < 1.29 is 9.53 Å². The zero-order valence-corrected chi connectivity index (χ0v) is 19.9. The number of hydrogen-bond acceptors (Lipinski definition) is 3. The monoisotopic (exact) mass is 441 g/mol. The van der Waals surface area contributed by atoms with Gasteiger partial charge in [0.25, 0.3) is 0 Å². The summed E-state index contributed by atoms with van der Waals surface area (Å²) in [6, 6.07) is 24.6. The highest BCUT2D eigenvalue weighted by molar-refractivity contribution is 5.97. The van der Waals surface area contributed by atoms with Crippen LogP contribution >= 0.6 is 0 Å². The third-order valence-electron chi connectivity index (χ3n) is 6.68.